The molecule has 1 atom stereocenters. The zero-order valence-electron chi connectivity index (χ0n) is 9.06. The van der Waals surface area contributed by atoms with Crippen molar-refractivity contribution in [2.24, 2.45) is 0 Å². The number of aliphatic hydroxyl groups is 1. The van der Waals surface area contributed by atoms with E-state index < -0.39 is 39.5 Å². The molecule has 0 bridgehead atoms. The van der Waals surface area contributed by atoms with Gasteiger partial charge in [-0.25, -0.2) is 8.42 Å². The Hall–Kier alpha value is -1.15. The summed E-state index contributed by atoms with van der Waals surface area (Å²) in [4.78, 5) is 21.4. The standard InChI is InChI=1S/C8H15NO6S/c1-8(13,3-7(11)12)5-9-6(10)4-16(2,14)15/h13H,3-5H2,1-2H3,(H,9,10)(H,11,12). The number of carboxylic acid groups (broad SMARTS) is 1. The summed E-state index contributed by atoms with van der Waals surface area (Å²) in [5, 5.41) is 20.1. The monoisotopic (exact) mass is 253 g/mol. The molecule has 16 heavy (non-hydrogen) atoms. The van der Waals surface area contributed by atoms with Crippen LogP contribution in [0.1, 0.15) is 13.3 Å². The third-order valence-corrected chi connectivity index (χ3v) is 2.38. The van der Waals surface area contributed by atoms with Crippen molar-refractivity contribution in [3.05, 3.63) is 0 Å². The van der Waals surface area contributed by atoms with Gasteiger partial charge < -0.3 is 15.5 Å². The molecule has 0 saturated heterocycles. The van der Waals surface area contributed by atoms with E-state index in [9.17, 15) is 23.1 Å². The summed E-state index contributed by atoms with van der Waals surface area (Å²) in [5.41, 5.74) is -1.60. The van der Waals surface area contributed by atoms with Gasteiger partial charge in [-0.1, -0.05) is 0 Å². The normalized spacial score (nSPS) is 15.2. The summed E-state index contributed by atoms with van der Waals surface area (Å²) < 4.78 is 21.5. The van der Waals surface area contributed by atoms with Crippen LogP contribution in [0.25, 0.3) is 0 Å². The van der Waals surface area contributed by atoms with Crippen molar-refractivity contribution in [3.8, 4) is 0 Å². The van der Waals surface area contributed by atoms with Crippen molar-refractivity contribution in [3.63, 3.8) is 0 Å². The van der Waals surface area contributed by atoms with E-state index in [1.807, 2.05) is 0 Å². The highest BCUT2D eigenvalue weighted by molar-refractivity contribution is 7.91. The maximum absolute atomic E-state index is 11.0. The Kier molecular flexibility index (Phi) is 4.88. The van der Waals surface area contributed by atoms with Crippen molar-refractivity contribution in [1.82, 2.24) is 5.32 Å². The van der Waals surface area contributed by atoms with Crippen LogP contribution in [-0.2, 0) is 19.4 Å². The van der Waals surface area contributed by atoms with Crippen molar-refractivity contribution in [2.75, 3.05) is 18.6 Å². The predicted octanol–water partition coefficient (Wildman–Crippen LogP) is -1.63. The summed E-state index contributed by atoms with van der Waals surface area (Å²) in [6.45, 7) is 0.926. The number of carboxylic acids is 1. The topological polar surface area (TPSA) is 121 Å². The van der Waals surface area contributed by atoms with Gasteiger partial charge in [-0.3, -0.25) is 9.59 Å². The van der Waals surface area contributed by atoms with E-state index in [-0.39, 0.29) is 6.54 Å². The molecule has 3 N–H and O–H groups in total. The van der Waals surface area contributed by atoms with Crippen LogP contribution in [0.5, 0.6) is 0 Å². The van der Waals surface area contributed by atoms with E-state index >= 15 is 0 Å². The zero-order valence-corrected chi connectivity index (χ0v) is 9.87. The number of aliphatic carboxylic acids is 1. The largest absolute Gasteiger partial charge is 0.481 e. The van der Waals surface area contributed by atoms with E-state index in [0.29, 0.717) is 0 Å². The molecule has 0 aromatic heterocycles. The van der Waals surface area contributed by atoms with Crippen molar-refractivity contribution in [1.29, 1.82) is 0 Å². The van der Waals surface area contributed by atoms with Gasteiger partial charge >= 0.3 is 5.97 Å². The maximum atomic E-state index is 11.0. The highest BCUT2D eigenvalue weighted by Gasteiger charge is 2.25. The highest BCUT2D eigenvalue weighted by Crippen LogP contribution is 2.07. The summed E-state index contributed by atoms with van der Waals surface area (Å²) in [7, 11) is -3.42. The molecule has 0 aromatic carbocycles. The Labute approximate surface area is 93.4 Å². The van der Waals surface area contributed by atoms with Gasteiger partial charge in [0.15, 0.2) is 9.84 Å². The molecule has 0 saturated carbocycles. The molecule has 0 radical (unpaired) electrons. The number of carbonyl (C=O) groups excluding carboxylic acids is 1. The lowest BCUT2D eigenvalue weighted by atomic mass is 10.0. The molecule has 0 spiro atoms. The highest BCUT2D eigenvalue weighted by atomic mass is 32.2. The zero-order chi connectivity index (χ0) is 13.0. The summed E-state index contributed by atoms with van der Waals surface area (Å²) in [5.74, 6) is -2.66. The van der Waals surface area contributed by atoms with Crippen LogP contribution in [0, 0.1) is 0 Å². The molecule has 0 aromatic rings. The molecule has 8 heteroatoms. The molecule has 7 nitrogen and oxygen atoms in total. The van der Waals surface area contributed by atoms with Crippen molar-refractivity contribution in [2.45, 2.75) is 18.9 Å². The summed E-state index contributed by atoms with van der Waals surface area (Å²) in [6, 6.07) is 0. The Balaban J connectivity index is 4.15. The average Bonchev–Trinajstić information content (AvgIpc) is 1.95. The van der Waals surface area contributed by atoms with Gasteiger partial charge in [0, 0.05) is 12.8 Å². The first-order chi connectivity index (χ1) is 7.02. The molecule has 0 rings (SSSR count). The predicted molar refractivity (Wildman–Crippen MR) is 55.6 cm³/mol. The van der Waals surface area contributed by atoms with E-state index in [1.165, 1.54) is 6.92 Å². The molecule has 0 aliphatic rings. The number of amides is 1. The molecular weight excluding hydrogens is 238 g/mol. The van der Waals surface area contributed by atoms with Gasteiger partial charge in [0.1, 0.15) is 5.75 Å². The van der Waals surface area contributed by atoms with Gasteiger partial charge in [0.05, 0.1) is 12.0 Å². The first-order valence-corrected chi connectivity index (χ1v) is 6.46. The Bertz CT molecular complexity index is 372. The molecule has 94 valence electrons. The second-order valence-electron chi connectivity index (χ2n) is 3.91. The first-order valence-electron chi connectivity index (χ1n) is 4.40. The number of rotatable bonds is 6. The van der Waals surface area contributed by atoms with Crippen LogP contribution in [0.4, 0.5) is 0 Å². The Morgan fingerprint density at radius 3 is 2.25 bits per heavy atom. The quantitative estimate of drug-likeness (QED) is 0.523. The Morgan fingerprint density at radius 2 is 1.88 bits per heavy atom. The average molecular weight is 253 g/mol. The van der Waals surface area contributed by atoms with Gasteiger partial charge in [-0.2, -0.15) is 0 Å². The number of carbonyl (C=O) groups is 2. The SMILES string of the molecule is CC(O)(CNC(=O)CS(C)(=O)=O)CC(=O)O. The molecule has 0 heterocycles. The van der Waals surface area contributed by atoms with Crippen LogP contribution in [-0.4, -0.2) is 54.7 Å². The fourth-order valence-corrected chi connectivity index (χ4v) is 1.54. The Morgan fingerprint density at radius 1 is 1.38 bits per heavy atom. The van der Waals surface area contributed by atoms with E-state index in [0.717, 1.165) is 6.26 Å². The van der Waals surface area contributed by atoms with E-state index in [4.69, 9.17) is 5.11 Å². The smallest absolute Gasteiger partial charge is 0.306 e. The molecule has 0 aliphatic heterocycles. The summed E-state index contributed by atoms with van der Waals surface area (Å²) in [6.07, 6.45) is 0.369. The van der Waals surface area contributed by atoms with Crippen molar-refractivity contribution < 1.29 is 28.2 Å². The third-order valence-electron chi connectivity index (χ3n) is 1.59. The lowest BCUT2D eigenvalue weighted by Gasteiger charge is -2.21. The number of hydrogen-bond acceptors (Lipinski definition) is 5. The lowest BCUT2D eigenvalue weighted by Crippen LogP contribution is -2.43. The fourth-order valence-electron chi connectivity index (χ4n) is 0.966. The van der Waals surface area contributed by atoms with Crippen LogP contribution < -0.4 is 5.32 Å². The molecule has 0 aliphatic carbocycles. The molecule has 1 amide bonds. The number of nitrogens with one attached hydrogen (secondary N) is 1. The van der Waals surface area contributed by atoms with Gasteiger partial charge in [-0.15, -0.1) is 0 Å². The second kappa shape index (κ2) is 5.26. The maximum Gasteiger partial charge on any atom is 0.306 e. The minimum atomic E-state index is -3.42. The van der Waals surface area contributed by atoms with E-state index in [1.54, 1.807) is 0 Å². The van der Waals surface area contributed by atoms with Crippen LogP contribution in [0.3, 0.4) is 0 Å². The van der Waals surface area contributed by atoms with E-state index in [2.05, 4.69) is 5.32 Å². The minimum Gasteiger partial charge on any atom is -0.481 e. The van der Waals surface area contributed by atoms with Crippen LogP contribution >= 0.6 is 0 Å². The van der Waals surface area contributed by atoms with Crippen LogP contribution in [0.15, 0.2) is 0 Å². The minimum absolute atomic E-state index is 0.312. The molecular formula is C8H15NO6S. The molecule has 0 fully saturated rings. The van der Waals surface area contributed by atoms with Gasteiger partial charge in [0.2, 0.25) is 5.91 Å². The van der Waals surface area contributed by atoms with Gasteiger partial charge in [0.25, 0.3) is 0 Å². The summed E-state index contributed by atoms with van der Waals surface area (Å²) >= 11 is 0. The number of hydrogen-bond donors (Lipinski definition) is 3. The van der Waals surface area contributed by atoms with Crippen LogP contribution in [0.2, 0.25) is 0 Å². The van der Waals surface area contributed by atoms with Crippen molar-refractivity contribution >= 4 is 21.7 Å². The fraction of sp³-hybridized carbons (Fsp3) is 0.750. The second-order valence-corrected chi connectivity index (χ2v) is 6.05. The first kappa shape index (κ1) is 14.8. The van der Waals surface area contributed by atoms with Gasteiger partial charge in [-0.05, 0) is 6.92 Å². The lowest BCUT2D eigenvalue weighted by molar-refractivity contribution is -0.142. The third kappa shape index (κ3) is 8.18. The number of sulfone groups is 1. The molecule has 1 unspecified atom stereocenters.